The highest BCUT2D eigenvalue weighted by molar-refractivity contribution is 6.06. The molecule has 1 fully saturated rings. The van der Waals surface area contributed by atoms with Gasteiger partial charge in [0.2, 0.25) is 0 Å². The Morgan fingerprint density at radius 3 is 2.59 bits per heavy atom. The smallest absolute Gasteiger partial charge is 0.354 e. The maximum absolute atomic E-state index is 11.3. The summed E-state index contributed by atoms with van der Waals surface area (Å²) in [5.74, 6) is -1.22. The molecule has 22 heavy (non-hydrogen) atoms. The summed E-state index contributed by atoms with van der Waals surface area (Å²) < 4.78 is 0. The van der Waals surface area contributed by atoms with Gasteiger partial charge >= 0.3 is 5.97 Å². The van der Waals surface area contributed by atoms with Crippen molar-refractivity contribution < 1.29 is 15.0 Å². The number of anilines is 2. The molecule has 0 spiro atoms. The molecule has 1 aromatic carbocycles. The maximum atomic E-state index is 11.3. The van der Waals surface area contributed by atoms with Crippen molar-refractivity contribution in [3.63, 3.8) is 0 Å². The number of aromatic nitrogens is 1. The van der Waals surface area contributed by atoms with Crippen molar-refractivity contribution in [2.24, 2.45) is 0 Å². The molecular weight excluding hydrogens is 282 g/mol. The summed E-state index contributed by atoms with van der Waals surface area (Å²) in [7, 11) is 0. The lowest BCUT2D eigenvalue weighted by Gasteiger charge is -2.30. The topological polar surface area (TPSA) is 99.7 Å². The number of pyridine rings is 1. The van der Waals surface area contributed by atoms with Crippen molar-refractivity contribution in [3.8, 4) is 5.75 Å². The van der Waals surface area contributed by atoms with Crippen LogP contribution in [0.2, 0.25) is 0 Å². The monoisotopic (exact) mass is 301 g/mol. The molecule has 2 heterocycles. The van der Waals surface area contributed by atoms with E-state index in [4.69, 9.17) is 5.73 Å². The summed E-state index contributed by atoms with van der Waals surface area (Å²) in [4.78, 5) is 17.7. The molecule has 1 aromatic heterocycles. The highest BCUT2D eigenvalue weighted by Crippen LogP contribution is 2.39. The minimum atomic E-state index is -1.17. The molecule has 6 heteroatoms. The van der Waals surface area contributed by atoms with Crippen LogP contribution in [0.1, 0.15) is 35.3 Å². The van der Waals surface area contributed by atoms with Crippen LogP contribution in [0.15, 0.2) is 12.1 Å². The summed E-state index contributed by atoms with van der Waals surface area (Å²) in [5.41, 5.74) is 7.65. The third-order valence-electron chi connectivity index (χ3n) is 4.26. The van der Waals surface area contributed by atoms with Gasteiger partial charge in [-0.25, -0.2) is 9.78 Å². The fourth-order valence-electron chi connectivity index (χ4n) is 3.05. The minimum Gasteiger partial charge on any atom is -0.507 e. The van der Waals surface area contributed by atoms with E-state index < -0.39 is 5.97 Å². The first-order valence-electron chi connectivity index (χ1n) is 7.40. The zero-order valence-corrected chi connectivity index (χ0v) is 12.5. The van der Waals surface area contributed by atoms with Crippen molar-refractivity contribution in [3.05, 3.63) is 23.4 Å². The first-order chi connectivity index (χ1) is 10.5. The van der Waals surface area contributed by atoms with Crippen LogP contribution in [0.5, 0.6) is 5.75 Å². The van der Waals surface area contributed by atoms with Crippen molar-refractivity contribution in [2.75, 3.05) is 23.7 Å². The molecule has 116 valence electrons. The molecule has 4 N–H and O–H groups in total. The Balaban J connectivity index is 2.29. The predicted octanol–water partition coefficient (Wildman–Crippen LogP) is 2.52. The van der Waals surface area contributed by atoms with Gasteiger partial charge in [0.15, 0.2) is 5.69 Å². The van der Waals surface area contributed by atoms with Crippen LogP contribution in [0.4, 0.5) is 11.4 Å². The lowest BCUT2D eigenvalue weighted by molar-refractivity contribution is 0.0689. The minimum absolute atomic E-state index is 0.0460. The maximum Gasteiger partial charge on any atom is 0.354 e. The first-order valence-corrected chi connectivity index (χ1v) is 7.40. The van der Waals surface area contributed by atoms with Crippen molar-refractivity contribution in [1.82, 2.24) is 4.98 Å². The van der Waals surface area contributed by atoms with Crippen molar-refractivity contribution >= 4 is 28.2 Å². The second-order valence-corrected chi connectivity index (χ2v) is 5.68. The van der Waals surface area contributed by atoms with Gasteiger partial charge in [-0.15, -0.1) is 0 Å². The van der Waals surface area contributed by atoms with Gasteiger partial charge in [0.05, 0.1) is 22.3 Å². The largest absolute Gasteiger partial charge is 0.507 e. The van der Waals surface area contributed by atoms with E-state index in [-0.39, 0.29) is 17.0 Å². The average Bonchev–Trinajstić information content (AvgIpc) is 2.52. The highest BCUT2D eigenvalue weighted by Gasteiger charge is 2.22. The second-order valence-electron chi connectivity index (χ2n) is 5.68. The van der Waals surface area contributed by atoms with Crippen LogP contribution in [0, 0.1) is 6.92 Å². The van der Waals surface area contributed by atoms with Crippen molar-refractivity contribution in [2.45, 2.75) is 26.2 Å². The van der Waals surface area contributed by atoms with Crippen LogP contribution in [0.3, 0.4) is 0 Å². The molecule has 1 aliphatic rings. The zero-order chi connectivity index (χ0) is 15.9. The summed E-state index contributed by atoms with van der Waals surface area (Å²) in [6.07, 6.45) is 3.41. The van der Waals surface area contributed by atoms with Crippen LogP contribution in [-0.2, 0) is 0 Å². The highest BCUT2D eigenvalue weighted by atomic mass is 16.4. The van der Waals surface area contributed by atoms with Crippen LogP contribution in [-0.4, -0.2) is 34.3 Å². The van der Waals surface area contributed by atoms with Gasteiger partial charge in [0, 0.05) is 18.7 Å². The summed E-state index contributed by atoms with van der Waals surface area (Å²) in [6, 6.07) is 3.60. The number of nitrogens with two attached hydrogens (primary N) is 1. The molecule has 0 radical (unpaired) electrons. The average molecular weight is 301 g/mol. The predicted molar refractivity (Wildman–Crippen MR) is 85.6 cm³/mol. The van der Waals surface area contributed by atoms with Gasteiger partial charge in [0.25, 0.3) is 0 Å². The Bertz CT molecular complexity index is 752. The summed E-state index contributed by atoms with van der Waals surface area (Å²) in [6.45, 7) is 3.39. The second kappa shape index (κ2) is 5.36. The number of piperidine rings is 1. The van der Waals surface area contributed by atoms with Gasteiger partial charge < -0.3 is 20.8 Å². The van der Waals surface area contributed by atoms with Gasteiger partial charge in [-0.05, 0) is 38.3 Å². The molecule has 1 saturated heterocycles. The van der Waals surface area contributed by atoms with Crippen LogP contribution >= 0.6 is 0 Å². The molecule has 1 aliphatic heterocycles. The Morgan fingerprint density at radius 2 is 1.95 bits per heavy atom. The van der Waals surface area contributed by atoms with E-state index in [0.29, 0.717) is 16.6 Å². The molecule has 0 amide bonds. The molecule has 0 bridgehead atoms. The molecule has 0 unspecified atom stereocenters. The van der Waals surface area contributed by atoms with Crippen LogP contribution < -0.4 is 10.6 Å². The first kappa shape index (κ1) is 14.4. The number of aromatic hydroxyl groups is 1. The zero-order valence-electron chi connectivity index (χ0n) is 12.5. The third-order valence-corrected chi connectivity index (χ3v) is 4.26. The fraction of sp³-hybridized carbons (Fsp3) is 0.375. The number of carbonyl (C=O) groups is 1. The number of hydrogen-bond acceptors (Lipinski definition) is 5. The molecule has 0 saturated carbocycles. The molecule has 6 nitrogen and oxygen atoms in total. The fourth-order valence-corrected chi connectivity index (χ4v) is 3.05. The van der Waals surface area contributed by atoms with E-state index in [1.807, 2.05) is 6.07 Å². The van der Waals surface area contributed by atoms with Crippen LogP contribution in [0.25, 0.3) is 10.9 Å². The van der Waals surface area contributed by atoms with Crippen molar-refractivity contribution in [1.29, 1.82) is 0 Å². The Labute approximate surface area is 128 Å². The number of carboxylic acids is 1. The Kier molecular flexibility index (Phi) is 3.52. The summed E-state index contributed by atoms with van der Waals surface area (Å²) >= 11 is 0. The molecule has 0 aliphatic carbocycles. The van der Waals surface area contributed by atoms with E-state index in [1.165, 1.54) is 6.42 Å². The number of aromatic carboxylic acids is 1. The van der Waals surface area contributed by atoms with E-state index in [1.54, 1.807) is 13.0 Å². The standard InChI is InChI=1S/C16H19N3O3/c1-9-13(16(21)22)18-14-10(17)5-6-11(12(14)15(9)20)19-7-3-2-4-8-19/h5-6H,2-4,7-8,17H2,1H3,(H,18,20)(H,21,22). The van der Waals surface area contributed by atoms with Gasteiger partial charge in [-0.3, -0.25) is 0 Å². The number of hydrogen-bond donors (Lipinski definition) is 3. The van der Waals surface area contributed by atoms with E-state index >= 15 is 0 Å². The molecule has 3 rings (SSSR count). The van der Waals surface area contributed by atoms with Gasteiger partial charge in [-0.2, -0.15) is 0 Å². The Hall–Kier alpha value is -2.50. The van der Waals surface area contributed by atoms with Gasteiger partial charge in [0.1, 0.15) is 5.75 Å². The SMILES string of the molecule is Cc1c(C(=O)O)nc2c(N)ccc(N3CCCCC3)c2c1O. The number of nitrogen functional groups attached to an aromatic ring is 1. The molecule has 0 atom stereocenters. The lowest BCUT2D eigenvalue weighted by atomic mass is 10.0. The number of fused-ring (bicyclic) bond motifs is 1. The normalized spacial score (nSPS) is 15.2. The lowest BCUT2D eigenvalue weighted by Crippen LogP contribution is -2.29. The quantitative estimate of drug-likeness (QED) is 0.737. The Morgan fingerprint density at radius 1 is 1.27 bits per heavy atom. The number of nitrogens with zero attached hydrogens (tertiary/aromatic N) is 2. The summed E-state index contributed by atoms with van der Waals surface area (Å²) in [5, 5.41) is 20.3. The number of benzene rings is 1. The third kappa shape index (κ3) is 2.20. The van der Waals surface area contributed by atoms with E-state index in [9.17, 15) is 15.0 Å². The van der Waals surface area contributed by atoms with E-state index in [0.717, 1.165) is 31.6 Å². The molecular formula is C16H19N3O3. The molecule has 2 aromatic rings. The van der Waals surface area contributed by atoms with Gasteiger partial charge in [-0.1, -0.05) is 0 Å². The number of carboxylic acid groups (broad SMARTS) is 1. The number of rotatable bonds is 2. The van der Waals surface area contributed by atoms with E-state index in [2.05, 4.69) is 9.88 Å².